The summed E-state index contributed by atoms with van der Waals surface area (Å²) < 4.78 is 14.0. The number of nitrogens with one attached hydrogen (secondary N) is 1. The fourth-order valence-corrected chi connectivity index (χ4v) is 7.62. The minimum Gasteiger partial charge on any atom is -0.480 e. The lowest BCUT2D eigenvalue weighted by Crippen LogP contribution is -2.50. The Morgan fingerprint density at radius 3 is 2.27 bits per heavy atom. The first-order valence-corrected chi connectivity index (χ1v) is 17.4. The Kier molecular flexibility index (Phi) is 13.2. The maximum Gasteiger partial charge on any atom is 0.326 e. The summed E-state index contributed by atoms with van der Waals surface area (Å²) >= 11 is 0. The molecule has 44 heavy (non-hydrogen) atoms. The minimum absolute atomic E-state index is 0.0141. The number of likely N-dealkylation sites (tertiary alicyclic amines) is 1. The molecule has 1 saturated heterocycles. The highest BCUT2D eigenvalue weighted by molar-refractivity contribution is 7.58. The summed E-state index contributed by atoms with van der Waals surface area (Å²) in [4.78, 5) is 66.4. The minimum atomic E-state index is -4.35. The van der Waals surface area contributed by atoms with E-state index in [1.807, 2.05) is 51.1 Å². The Hall–Kier alpha value is -3.49. The van der Waals surface area contributed by atoms with E-state index in [4.69, 9.17) is 0 Å². The molecule has 0 spiro atoms. The van der Waals surface area contributed by atoms with E-state index in [1.165, 1.54) is 4.90 Å². The number of hydrogen-bond acceptors (Lipinski definition) is 5. The Bertz CT molecular complexity index is 1300. The standard InChI is InChI=1S/C33H46N3O7P/c1-4-13-29(34-31(38)27-19-12-21-35(27)32(39)26-17-9-6-10-18-26)44(42,43)23-36(28(33(40)41)22-24(2)3)30(37)20-11-16-25-14-7-5-8-15-25/h5-10,14-15,17-18,24,27-29H,4,11-13,16,19-23H2,1-3H3,(H,34,38)(H,40,41)(H,42,43)/t27-,28-,29?/m0/s1. The fourth-order valence-electron chi connectivity index (χ4n) is 5.65. The van der Waals surface area contributed by atoms with Gasteiger partial charge in [-0.2, -0.15) is 0 Å². The van der Waals surface area contributed by atoms with Crippen LogP contribution in [0.2, 0.25) is 0 Å². The second-order valence-electron chi connectivity index (χ2n) is 11.9. The zero-order valence-electron chi connectivity index (χ0n) is 25.9. The number of aliphatic carboxylic acids is 1. The fraction of sp³-hybridized carbons (Fsp3) is 0.515. The lowest BCUT2D eigenvalue weighted by molar-refractivity contribution is -0.150. The van der Waals surface area contributed by atoms with Gasteiger partial charge in [0.1, 0.15) is 24.2 Å². The van der Waals surface area contributed by atoms with E-state index in [-0.39, 0.29) is 31.1 Å². The Balaban J connectivity index is 1.79. The summed E-state index contributed by atoms with van der Waals surface area (Å²) in [6, 6.07) is 16.2. The average Bonchev–Trinajstić information content (AvgIpc) is 3.49. The lowest BCUT2D eigenvalue weighted by atomic mass is 10.0. The first kappa shape index (κ1) is 35.0. The molecule has 0 aromatic heterocycles. The van der Waals surface area contributed by atoms with Crippen LogP contribution in [0.15, 0.2) is 60.7 Å². The quantitative estimate of drug-likeness (QED) is 0.219. The molecule has 1 aliphatic rings. The number of carbonyl (C=O) groups is 4. The number of carboxylic acids is 1. The molecule has 0 bridgehead atoms. The Labute approximate surface area is 260 Å². The zero-order valence-corrected chi connectivity index (χ0v) is 26.8. The zero-order chi connectivity index (χ0) is 32.3. The van der Waals surface area contributed by atoms with Gasteiger partial charge in [-0.1, -0.05) is 75.7 Å². The predicted octanol–water partition coefficient (Wildman–Crippen LogP) is 5.11. The van der Waals surface area contributed by atoms with Crippen LogP contribution in [0.25, 0.3) is 0 Å². The maximum absolute atomic E-state index is 14.0. The van der Waals surface area contributed by atoms with Gasteiger partial charge >= 0.3 is 5.97 Å². The molecule has 11 heteroatoms. The van der Waals surface area contributed by atoms with Crippen molar-refractivity contribution in [3.63, 3.8) is 0 Å². The highest BCUT2D eigenvalue weighted by Crippen LogP contribution is 2.48. The van der Waals surface area contributed by atoms with Crippen molar-refractivity contribution >= 4 is 31.1 Å². The topological polar surface area (TPSA) is 144 Å². The van der Waals surface area contributed by atoms with Crippen molar-refractivity contribution in [1.29, 1.82) is 0 Å². The van der Waals surface area contributed by atoms with E-state index >= 15 is 0 Å². The normalized spacial score (nSPS) is 17.5. The van der Waals surface area contributed by atoms with Gasteiger partial charge in [-0.3, -0.25) is 18.9 Å². The second kappa shape index (κ2) is 16.5. The van der Waals surface area contributed by atoms with Crippen molar-refractivity contribution in [3.8, 4) is 0 Å². The average molecular weight is 628 g/mol. The largest absolute Gasteiger partial charge is 0.480 e. The number of carboxylic acid groups (broad SMARTS) is 1. The van der Waals surface area contributed by atoms with Gasteiger partial charge in [0.25, 0.3) is 5.91 Å². The van der Waals surface area contributed by atoms with E-state index in [2.05, 4.69) is 5.32 Å². The van der Waals surface area contributed by atoms with Gasteiger partial charge in [0.15, 0.2) is 0 Å². The van der Waals surface area contributed by atoms with Crippen LogP contribution < -0.4 is 5.32 Å². The van der Waals surface area contributed by atoms with Gasteiger partial charge < -0.3 is 25.1 Å². The third-order valence-corrected chi connectivity index (χ3v) is 10.00. The van der Waals surface area contributed by atoms with E-state index in [9.17, 15) is 33.7 Å². The van der Waals surface area contributed by atoms with Gasteiger partial charge in [0, 0.05) is 18.5 Å². The number of benzene rings is 2. The molecule has 4 atom stereocenters. The Morgan fingerprint density at radius 1 is 1.05 bits per heavy atom. The summed E-state index contributed by atoms with van der Waals surface area (Å²) in [6.45, 7) is 5.86. The van der Waals surface area contributed by atoms with Gasteiger partial charge in [0.05, 0.1) is 0 Å². The summed E-state index contributed by atoms with van der Waals surface area (Å²) in [5, 5.41) is 12.8. The molecule has 2 aromatic carbocycles. The molecule has 240 valence electrons. The molecule has 3 amide bonds. The van der Waals surface area contributed by atoms with Crippen LogP contribution >= 0.6 is 7.37 Å². The predicted molar refractivity (Wildman–Crippen MR) is 169 cm³/mol. The van der Waals surface area contributed by atoms with Crippen LogP contribution in [0.4, 0.5) is 0 Å². The van der Waals surface area contributed by atoms with E-state index < -0.39 is 49.3 Å². The van der Waals surface area contributed by atoms with Crippen molar-refractivity contribution in [2.45, 2.75) is 90.0 Å². The second-order valence-corrected chi connectivity index (χ2v) is 14.3. The molecule has 1 heterocycles. The molecule has 0 saturated carbocycles. The van der Waals surface area contributed by atoms with Crippen molar-refractivity contribution in [3.05, 3.63) is 71.8 Å². The third-order valence-electron chi connectivity index (χ3n) is 7.93. The molecule has 2 unspecified atom stereocenters. The monoisotopic (exact) mass is 627 g/mol. The van der Waals surface area contributed by atoms with Gasteiger partial charge in [0.2, 0.25) is 19.2 Å². The molecule has 1 fully saturated rings. The summed E-state index contributed by atoms with van der Waals surface area (Å²) in [5.74, 6) is -3.87. The molecule has 3 rings (SSSR count). The molecule has 1 aliphatic heterocycles. The van der Waals surface area contributed by atoms with Crippen molar-refractivity contribution in [1.82, 2.24) is 15.1 Å². The molecule has 0 aliphatic carbocycles. The van der Waals surface area contributed by atoms with Crippen molar-refractivity contribution in [2.24, 2.45) is 5.92 Å². The molecule has 10 nitrogen and oxygen atoms in total. The molecular weight excluding hydrogens is 581 g/mol. The first-order valence-electron chi connectivity index (χ1n) is 15.5. The van der Waals surface area contributed by atoms with E-state index in [1.54, 1.807) is 30.3 Å². The van der Waals surface area contributed by atoms with Crippen LogP contribution in [-0.4, -0.2) is 74.2 Å². The summed E-state index contributed by atoms with van der Waals surface area (Å²) in [7, 11) is -4.35. The third kappa shape index (κ3) is 9.76. The highest BCUT2D eigenvalue weighted by atomic mass is 31.2. The molecule has 2 aromatic rings. The summed E-state index contributed by atoms with van der Waals surface area (Å²) in [5.41, 5.74) is 1.49. The number of nitrogens with zero attached hydrogens (tertiary/aromatic N) is 2. The van der Waals surface area contributed by atoms with E-state index in [0.717, 1.165) is 10.5 Å². The Morgan fingerprint density at radius 2 is 1.68 bits per heavy atom. The highest BCUT2D eigenvalue weighted by Gasteiger charge is 2.42. The maximum atomic E-state index is 14.0. The number of rotatable bonds is 16. The SMILES string of the molecule is CCCC(NC(=O)[C@@H]1CCCN1C(=O)c1ccccc1)P(=O)(O)CN(C(=O)CCCc1ccccc1)[C@@H](CC(C)C)C(=O)O. The van der Waals surface area contributed by atoms with Crippen molar-refractivity contribution in [2.75, 3.05) is 12.8 Å². The summed E-state index contributed by atoms with van der Waals surface area (Å²) in [6.07, 6.45) is 2.14. The van der Waals surface area contributed by atoms with Gasteiger partial charge in [-0.25, -0.2) is 4.79 Å². The number of amides is 3. The number of carbonyl (C=O) groups excluding carboxylic acids is 3. The van der Waals surface area contributed by atoms with Gasteiger partial charge in [-0.15, -0.1) is 0 Å². The van der Waals surface area contributed by atoms with Crippen LogP contribution in [0.1, 0.15) is 81.6 Å². The molecule has 0 radical (unpaired) electrons. The van der Waals surface area contributed by atoms with E-state index in [0.29, 0.717) is 44.2 Å². The van der Waals surface area contributed by atoms with Crippen LogP contribution in [-0.2, 0) is 25.4 Å². The smallest absolute Gasteiger partial charge is 0.326 e. The number of aryl methyl sites for hydroxylation is 1. The first-order chi connectivity index (χ1) is 20.9. The molecule has 3 N–H and O–H groups in total. The number of hydrogen-bond donors (Lipinski definition) is 3. The van der Waals surface area contributed by atoms with Crippen LogP contribution in [0.3, 0.4) is 0 Å². The van der Waals surface area contributed by atoms with Crippen LogP contribution in [0.5, 0.6) is 0 Å². The lowest BCUT2D eigenvalue weighted by Gasteiger charge is -2.35. The van der Waals surface area contributed by atoms with Gasteiger partial charge in [-0.05, 0) is 62.1 Å². The van der Waals surface area contributed by atoms with Crippen molar-refractivity contribution < 1.29 is 33.7 Å². The molecular formula is C33H46N3O7P. The van der Waals surface area contributed by atoms with Crippen LogP contribution in [0, 0.1) is 5.92 Å².